The van der Waals surface area contributed by atoms with Crippen molar-refractivity contribution in [2.75, 3.05) is 7.11 Å². The number of carbonyl (C=O) groups excluding carboxylic acids is 1. The summed E-state index contributed by atoms with van der Waals surface area (Å²) in [5.41, 5.74) is 0. The summed E-state index contributed by atoms with van der Waals surface area (Å²) >= 11 is 0. The Labute approximate surface area is 186 Å². The molecule has 0 aromatic heterocycles. The van der Waals surface area contributed by atoms with Gasteiger partial charge in [-0.25, -0.2) is 0 Å². The van der Waals surface area contributed by atoms with Gasteiger partial charge in [0, 0.05) is 6.42 Å². The van der Waals surface area contributed by atoms with Gasteiger partial charge in [0.25, 0.3) is 0 Å². The van der Waals surface area contributed by atoms with Gasteiger partial charge in [0.2, 0.25) is 0 Å². The number of aliphatic hydroxyl groups excluding tert-OH is 1. The Hall–Kier alpha value is 0.806. The molecule has 4 heteroatoms. The van der Waals surface area contributed by atoms with Crippen LogP contribution in [0.4, 0.5) is 0 Å². The van der Waals surface area contributed by atoms with E-state index in [1.807, 2.05) is 0 Å². The van der Waals surface area contributed by atoms with Gasteiger partial charge in [-0.05, 0) is 32.1 Å². The molecule has 1 N–H and O–H groups in total. The number of methoxy groups -OCH3 is 1. The zero-order chi connectivity index (χ0) is 16.5. The average molecular weight is 353 g/mol. The summed E-state index contributed by atoms with van der Waals surface area (Å²) in [5, 5.41) is 9.82. The van der Waals surface area contributed by atoms with Crippen LogP contribution in [0.1, 0.15) is 90.4 Å². The van der Waals surface area contributed by atoms with Crippen molar-refractivity contribution in [1.82, 2.24) is 0 Å². The molecule has 0 saturated heterocycles. The minimum atomic E-state index is -0.161. The first-order valence-corrected chi connectivity index (χ1v) is 9.10. The molecule has 0 rings (SSSR count). The maximum atomic E-state index is 10.9. The molecule has 0 heterocycles. The first kappa shape index (κ1) is 26.0. The first-order valence-electron chi connectivity index (χ1n) is 9.10. The quantitative estimate of drug-likeness (QED) is 0.204. The van der Waals surface area contributed by atoms with Crippen LogP contribution in [-0.2, 0) is 9.53 Å². The molecule has 1 atom stereocenters. The maximum absolute atomic E-state index is 10.9. The number of ether oxygens (including phenoxy) is 1. The molecular weight excluding hydrogens is 315 g/mol. The molecule has 0 aliphatic heterocycles. The molecule has 3 nitrogen and oxygen atoms in total. The van der Waals surface area contributed by atoms with Crippen LogP contribution in [0, 0.1) is 0 Å². The number of unbranched alkanes of at least 4 members (excludes halogenated alkanes) is 8. The van der Waals surface area contributed by atoms with Gasteiger partial charge in [0.1, 0.15) is 0 Å². The van der Waals surface area contributed by atoms with Gasteiger partial charge in [-0.15, -0.1) is 0 Å². The Morgan fingerprint density at radius 3 is 2.35 bits per heavy atom. The predicted molar refractivity (Wildman–Crippen MR) is 100 cm³/mol. The fraction of sp³-hybridized carbons (Fsp3) is 0.842. The number of hydrogen-bond donors (Lipinski definition) is 1. The number of hydrogen-bond acceptors (Lipinski definition) is 3. The standard InChI is InChI=1S/C19H36O3.K.H/c1-3-4-5-12-15-18(20)16-13-10-8-6-7-9-11-14-17-19(21)22-2;;/h10,13,18,20H,3-9,11-12,14-17H2,1-2H3;;/b13-10-;;/t18-;;/m1../s1. The van der Waals surface area contributed by atoms with E-state index < -0.39 is 0 Å². The zero-order valence-corrected chi connectivity index (χ0v) is 14.7. The molecule has 0 aliphatic carbocycles. The summed E-state index contributed by atoms with van der Waals surface area (Å²) in [4.78, 5) is 10.9. The molecule has 0 aliphatic rings. The fourth-order valence-corrected chi connectivity index (χ4v) is 2.46. The Bertz CT molecular complexity index is 280. The third kappa shape index (κ3) is 20.8. The van der Waals surface area contributed by atoms with Crippen LogP contribution in [0.2, 0.25) is 0 Å². The van der Waals surface area contributed by atoms with Gasteiger partial charge in [-0.2, -0.15) is 0 Å². The van der Waals surface area contributed by atoms with E-state index in [1.165, 1.54) is 45.6 Å². The van der Waals surface area contributed by atoms with Crippen molar-refractivity contribution in [2.24, 2.45) is 0 Å². The Morgan fingerprint density at radius 2 is 1.65 bits per heavy atom. The van der Waals surface area contributed by atoms with Gasteiger partial charge in [-0.1, -0.05) is 64.0 Å². The molecule has 0 bridgehead atoms. The van der Waals surface area contributed by atoms with Crippen molar-refractivity contribution >= 4 is 57.4 Å². The predicted octanol–water partition coefficient (Wildman–Crippen LogP) is 4.52. The summed E-state index contributed by atoms with van der Waals surface area (Å²) in [5.74, 6) is -0.101. The Balaban J connectivity index is 0. The summed E-state index contributed by atoms with van der Waals surface area (Å²) in [7, 11) is 1.44. The first-order chi connectivity index (χ1) is 10.7. The topological polar surface area (TPSA) is 46.5 Å². The Morgan fingerprint density at radius 1 is 1.00 bits per heavy atom. The zero-order valence-electron chi connectivity index (χ0n) is 14.7. The van der Waals surface area contributed by atoms with Gasteiger partial charge < -0.3 is 9.84 Å². The molecule has 23 heavy (non-hydrogen) atoms. The van der Waals surface area contributed by atoms with Gasteiger partial charge in [-0.3, -0.25) is 4.79 Å². The molecule has 0 amide bonds. The summed E-state index contributed by atoms with van der Waals surface area (Å²) < 4.78 is 4.61. The third-order valence-electron chi connectivity index (χ3n) is 3.95. The summed E-state index contributed by atoms with van der Waals surface area (Å²) in [6.45, 7) is 2.21. The normalized spacial score (nSPS) is 12.1. The van der Waals surface area contributed by atoms with E-state index in [0.717, 1.165) is 38.5 Å². The van der Waals surface area contributed by atoms with Crippen molar-refractivity contribution in [3.8, 4) is 0 Å². The van der Waals surface area contributed by atoms with E-state index in [1.54, 1.807) is 0 Å². The minimum absolute atomic E-state index is 0. The van der Waals surface area contributed by atoms with Gasteiger partial charge in [0.05, 0.1) is 13.2 Å². The number of aliphatic hydroxyl groups is 1. The van der Waals surface area contributed by atoms with E-state index in [-0.39, 0.29) is 63.5 Å². The monoisotopic (exact) mass is 352 g/mol. The van der Waals surface area contributed by atoms with Gasteiger partial charge in [0.15, 0.2) is 0 Å². The molecule has 0 aromatic rings. The van der Waals surface area contributed by atoms with E-state index in [2.05, 4.69) is 23.8 Å². The summed E-state index contributed by atoms with van der Waals surface area (Å²) in [6.07, 6.45) is 18.1. The average Bonchev–Trinajstić information content (AvgIpc) is 2.53. The number of allylic oxidation sites excluding steroid dienone is 1. The van der Waals surface area contributed by atoms with Crippen LogP contribution in [-0.4, -0.2) is 75.7 Å². The van der Waals surface area contributed by atoms with E-state index in [9.17, 15) is 9.90 Å². The second-order valence-electron chi connectivity index (χ2n) is 6.09. The second-order valence-corrected chi connectivity index (χ2v) is 6.09. The number of esters is 1. The van der Waals surface area contributed by atoms with Crippen LogP contribution < -0.4 is 0 Å². The molecule has 0 fully saturated rings. The van der Waals surface area contributed by atoms with Crippen LogP contribution in [0.3, 0.4) is 0 Å². The molecule has 0 radical (unpaired) electrons. The van der Waals surface area contributed by atoms with Gasteiger partial charge >= 0.3 is 57.4 Å². The van der Waals surface area contributed by atoms with E-state index >= 15 is 0 Å². The third-order valence-corrected chi connectivity index (χ3v) is 3.95. The SMILES string of the molecule is CCCCCC[C@@H](O)C/C=C\CCCCCCCC(=O)OC.[KH]. The van der Waals surface area contributed by atoms with Crippen molar-refractivity contribution in [1.29, 1.82) is 0 Å². The number of rotatable bonds is 15. The molecular formula is C19H37KO3. The summed E-state index contributed by atoms with van der Waals surface area (Å²) in [6, 6.07) is 0. The molecule has 0 aromatic carbocycles. The van der Waals surface area contributed by atoms with Crippen molar-refractivity contribution in [2.45, 2.75) is 96.5 Å². The molecule has 132 valence electrons. The molecule has 0 saturated carbocycles. The molecule has 0 unspecified atom stereocenters. The van der Waals surface area contributed by atoms with Crippen molar-refractivity contribution in [3.63, 3.8) is 0 Å². The molecule has 0 spiro atoms. The van der Waals surface area contributed by atoms with Crippen molar-refractivity contribution in [3.05, 3.63) is 12.2 Å². The van der Waals surface area contributed by atoms with Crippen LogP contribution in [0.15, 0.2) is 12.2 Å². The fourth-order valence-electron chi connectivity index (χ4n) is 2.46. The van der Waals surface area contributed by atoms with Crippen molar-refractivity contribution < 1.29 is 14.6 Å². The second kappa shape index (κ2) is 20.9. The van der Waals surface area contributed by atoms with E-state index in [4.69, 9.17) is 0 Å². The van der Waals surface area contributed by atoms with E-state index in [0.29, 0.717) is 6.42 Å². The van der Waals surface area contributed by atoms with Crippen LogP contribution in [0.5, 0.6) is 0 Å². The Kier molecular flexibility index (Phi) is 23.6. The number of carbonyl (C=O) groups is 1. The van der Waals surface area contributed by atoms with Crippen LogP contribution >= 0.6 is 0 Å². The van der Waals surface area contributed by atoms with Crippen LogP contribution in [0.25, 0.3) is 0 Å².